The van der Waals surface area contributed by atoms with Gasteiger partial charge in [-0.3, -0.25) is 9.59 Å². The van der Waals surface area contributed by atoms with Gasteiger partial charge in [0.05, 0.1) is 5.75 Å². The number of hydrogen-bond acceptors (Lipinski definition) is 4. The van der Waals surface area contributed by atoms with Crippen molar-refractivity contribution in [3.8, 4) is 0 Å². The number of aliphatic carboxylic acids is 1. The van der Waals surface area contributed by atoms with Crippen LogP contribution in [0.25, 0.3) is 0 Å². The van der Waals surface area contributed by atoms with E-state index in [1.54, 1.807) is 11.8 Å². The maximum Gasteiger partial charge on any atom is 0.303 e. The monoisotopic (exact) mass is 364 g/mol. The van der Waals surface area contributed by atoms with E-state index in [9.17, 15) is 9.59 Å². The first-order valence-electron chi connectivity index (χ1n) is 8.73. The highest BCUT2D eigenvalue weighted by atomic mass is 32.2. The summed E-state index contributed by atoms with van der Waals surface area (Å²) >= 11 is 1.58. The number of nitrogens with zero attached hydrogens (tertiary/aromatic N) is 2. The van der Waals surface area contributed by atoms with Gasteiger partial charge in [-0.2, -0.15) is 0 Å². The van der Waals surface area contributed by atoms with Crippen LogP contribution in [0.1, 0.15) is 24.8 Å². The Balaban J connectivity index is 1.93. The first kappa shape index (κ1) is 19.8. The molecule has 1 heterocycles. The Labute approximate surface area is 154 Å². The van der Waals surface area contributed by atoms with Gasteiger partial charge in [0.2, 0.25) is 5.91 Å². The molecule has 1 saturated heterocycles. The number of thioether (sulfide) groups is 1. The lowest BCUT2D eigenvalue weighted by Gasteiger charge is -2.41. The largest absolute Gasteiger partial charge is 0.481 e. The minimum atomic E-state index is -0.768. The molecule has 1 amide bonds. The third kappa shape index (κ3) is 5.75. The summed E-state index contributed by atoms with van der Waals surface area (Å²) in [6.45, 7) is 3.46. The number of rotatable bonds is 7. The second-order valence-electron chi connectivity index (χ2n) is 6.91. The number of carboxylic acid groups (broad SMARTS) is 1. The van der Waals surface area contributed by atoms with Gasteiger partial charge in [-0.05, 0) is 51.4 Å². The molecule has 0 unspecified atom stereocenters. The molecule has 1 aliphatic rings. The van der Waals surface area contributed by atoms with Crippen LogP contribution in [0.4, 0.5) is 0 Å². The van der Waals surface area contributed by atoms with E-state index >= 15 is 0 Å². The van der Waals surface area contributed by atoms with Crippen molar-refractivity contribution in [1.29, 1.82) is 0 Å². The van der Waals surface area contributed by atoms with E-state index < -0.39 is 5.97 Å². The zero-order chi connectivity index (χ0) is 18.4. The molecular formula is C19H28N2O3S. The van der Waals surface area contributed by atoms with Crippen molar-refractivity contribution >= 4 is 23.6 Å². The van der Waals surface area contributed by atoms with Crippen LogP contribution in [0.5, 0.6) is 0 Å². The number of benzene rings is 1. The van der Waals surface area contributed by atoms with Crippen molar-refractivity contribution in [1.82, 2.24) is 9.80 Å². The summed E-state index contributed by atoms with van der Waals surface area (Å²) in [6.07, 6.45) is 1.68. The van der Waals surface area contributed by atoms with Gasteiger partial charge >= 0.3 is 5.97 Å². The average molecular weight is 365 g/mol. The zero-order valence-electron chi connectivity index (χ0n) is 15.3. The zero-order valence-corrected chi connectivity index (χ0v) is 16.1. The molecule has 2 atom stereocenters. The second-order valence-corrected chi connectivity index (χ2v) is 7.92. The summed E-state index contributed by atoms with van der Waals surface area (Å²) in [7, 11) is 4.06. The molecule has 0 bridgehead atoms. The minimum Gasteiger partial charge on any atom is -0.481 e. The topological polar surface area (TPSA) is 60.9 Å². The van der Waals surface area contributed by atoms with E-state index in [1.165, 1.54) is 5.56 Å². The van der Waals surface area contributed by atoms with Crippen LogP contribution in [0, 0.1) is 12.8 Å². The normalized spacial score (nSPS) is 20.7. The first-order chi connectivity index (χ1) is 11.9. The predicted molar refractivity (Wildman–Crippen MR) is 101 cm³/mol. The fraction of sp³-hybridized carbons (Fsp3) is 0.579. The Kier molecular flexibility index (Phi) is 7.32. The highest BCUT2D eigenvalue weighted by Crippen LogP contribution is 2.27. The molecule has 138 valence electrons. The van der Waals surface area contributed by atoms with E-state index in [0.29, 0.717) is 24.8 Å². The van der Waals surface area contributed by atoms with Crippen molar-refractivity contribution in [2.45, 2.75) is 37.1 Å². The molecule has 25 heavy (non-hydrogen) atoms. The SMILES string of the molecule is Cc1ccccc1SCC(=O)N1CC[C@@H](N(C)C)[C@@H](CCC(=O)O)C1. The van der Waals surface area contributed by atoms with Crippen LogP contribution in [0.3, 0.4) is 0 Å². The Morgan fingerprint density at radius 1 is 1.32 bits per heavy atom. The fourth-order valence-corrected chi connectivity index (χ4v) is 4.40. The van der Waals surface area contributed by atoms with Crippen LogP contribution < -0.4 is 0 Å². The van der Waals surface area contributed by atoms with Crippen LogP contribution in [0.15, 0.2) is 29.2 Å². The van der Waals surface area contributed by atoms with Crippen LogP contribution >= 0.6 is 11.8 Å². The molecule has 1 N–H and O–H groups in total. The fourth-order valence-electron chi connectivity index (χ4n) is 3.47. The van der Waals surface area contributed by atoms with Crippen molar-refractivity contribution in [3.05, 3.63) is 29.8 Å². The number of carboxylic acids is 1. The Hall–Kier alpha value is -1.53. The molecule has 5 nitrogen and oxygen atoms in total. The number of carbonyl (C=O) groups excluding carboxylic acids is 1. The van der Waals surface area contributed by atoms with Crippen molar-refractivity contribution in [3.63, 3.8) is 0 Å². The summed E-state index contributed by atoms with van der Waals surface area (Å²) in [5.74, 6) is 0.0254. The lowest BCUT2D eigenvalue weighted by molar-refractivity contribution is -0.137. The lowest BCUT2D eigenvalue weighted by atomic mass is 9.87. The highest BCUT2D eigenvalue weighted by Gasteiger charge is 2.32. The molecule has 0 aromatic heterocycles. The van der Waals surface area contributed by atoms with Gasteiger partial charge in [0.25, 0.3) is 0 Å². The van der Waals surface area contributed by atoms with Crippen LogP contribution in [-0.4, -0.2) is 65.8 Å². The van der Waals surface area contributed by atoms with E-state index in [4.69, 9.17) is 5.11 Å². The summed E-state index contributed by atoms with van der Waals surface area (Å²) < 4.78 is 0. The molecule has 0 saturated carbocycles. The standard InChI is InChI=1S/C19H28N2O3S/c1-14-6-4-5-7-17(14)25-13-18(22)21-11-10-16(20(2)3)15(12-21)8-9-19(23)24/h4-7,15-16H,8-13H2,1-3H3,(H,23,24)/t15-,16+/m0/s1. The number of piperidine rings is 1. The first-order valence-corrected chi connectivity index (χ1v) is 9.71. The van der Waals surface area contributed by atoms with Gasteiger partial charge in [0, 0.05) is 30.4 Å². The van der Waals surface area contributed by atoms with E-state index in [0.717, 1.165) is 17.9 Å². The minimum absolute atomic E-state index is 0.144. The summed E-state index contributed by atoms with van der Waals surface area (Å²) in [5, 5.41) is 8.98. The summed E-state index contributed by atoms with van der Waals surface area (Å²) in [4.78, 5) is 28.8. The van der Waals surface area contributed by atoms with Gasteiger partial charge in [-0.25, -0.2) is 0 Å². The number of amides is 1. The van der Waals surface area contributed by atoms with Crippen molar-refractivity contribution in [2.24, 2.45) is 5.92 Å². The molecule has 2 rings (SSSR count). The Morgan fingerprint density at radius 2 is 2.04 bits per heavy atom. The Morgan fingerprint density at radius 3 is 2.68 bits per heavy atom. The second kappa shape index (κ2) is 9.25. The van der Waals surface area contributed by atoms with Crippen molar-refractivity contribution in [2.75, 3.05) is 32.9 Å². The highest BCUT2D eigenvalue weighted by molar-refractivity contribution is 8.00. The molecule has 0 aliphatic carbocycles. The van der Waals surface area contributed by atoms with E-state index in [1.807, 2.05) is 37.2 Å². The summed E-state index contributed by atoms with van der Waals surface area (Å²) in [5.41, 5.74) is 1.19. The van der Waals surface area contributed by atoms with Crippen LogP contribution in [0.2, 0.25) is 0 Å². The molecule has 1 aromatic rings. The van der Waals surface area contributed by atoms with Gasteiger partial charge in [0.15, 0.2) is 0 Å². The maximum atomic E-state index is 12.6. The molecule has 1 fully saturated rings. The van der Waals surface area contributed by atoms with Gasteiger partial charge < -0.3 is 14.9 Å². The molecule has 1 aliphatic heterocycles. The van der Waals surface area contributed by atoms with Crippen molar-refractivity contribution < 1.29 is 14.7 Å². The average Bonchev–Trinajstić information content (AvgIpc) is 2.58. The molecule has 1 aromatic carbocycles. The van der Waals surface area contributed by atoms with Gasteiger partial charge in [-0.15, -0.1) is 11.8 Å². The Bertz CT molecular complexity index is 606. The molecule has 0 radical (unpaired) electrons. The smallest absolute Gasteiger partial charge is 0.303 e. The van der Waals surface area contributed by atoms with Gasteiger partial charge in [0.1, 0.15) is 0 Å². The molecular weight excluding hydrogens is 336 g/mol. The van der Waals surface area contributed by atoms with E-state index in [2.05, 4.69) is 17.9 Å². The lowest BCUT2D eigenvalue weighted by Crippen LogP contribution is -2.51. The summed E-state index contributed by atoms with van der Waals surface area (Å²) in [6, 6.07) is 8.43. The maximum absolute atomic E-state index is 12.6. The van der Waals surface area contributed by atoms with E-state index in [-0.39, 0.29) is 18.2 Å². The predicted octanol–water partition coefficient (Wildman–Crippen LogP) is 2.73. The molecule has 6 heteroatoms. The quantitative estimate of drug-likeness (QED) is 0.754. The third-order valence-corrected chi connectivity index (χ3v) is 6.04. The van der Waals surface area contributed by atoms with Gasteiger partial charge in [-0.1, -0.05) is 18.2 Å². The number of aryl methyl sites for hydroxylation is 1. The number of hydrogen-bond donors (Lipinski definition) is 1. The van der Waals surface area contributed by atoms with Crippen LogP contribution in [-0.2, 0) is 9.59 Å². The third-order valence-electron chi connectivity index (χ3n) is 4.88. The molecule has 0 spiro atoms. The number of carbonyl (C=O) groups is 2. The number of likely N-dealkylation sites (tertiary alicyclic amines) is 1.